The molecular formula is C22H29N5O3. The van der Waals surface area contributed by atoms with Crippen LogP contribution in [0.25, 0.3) is 0 Å². The third kappa shape index (κ3) is 7.20. The van der Waals surface area contributed by atoms with Crippen molar-refractivity contribution in [2.24, 2.45) is 0 Å². The van der Waals surface area contributed by atoms with Crippen molar-refractivity contribution in [2.45, 2.75) is 12.8 Å². The molecule has 30 heavy (non-hydrogen) atoms. The van der Waals surface area contributed by atoms with E-state index in [0.717, 1.165) is 26.1 Å². The molecule has 1 aromatic carbocycles. The molecule has 0 unspecified atom stereocenters. The minimum atomic E-state index is -0.201. The van der Waals surface area contributed by atoms with Crippen LogP contribution in [0, 0.1) is 0 Å². The van der Waals surface area contributed by atoms with Crippen LogP contribution in [0.2, 0.25) is 0 Å². The van der Waals surface area contributed by atoms with Gasteiger partial charge in [-0.05, 0) is 12.0 Å². The van der Waals surface area contributed by atoms with Gasteiger partial charge in [-0.3, -0.25) is 19.5 Å². The molecule has 1 N–H and O–H groups in total. The van der Waals surface area contributed by atoms with E-state index in [0.29, 0.717) is 38.5 Å². The molecule has 1 aromatic heterocycles. The molecule has 1 fully saturated rings. The lowest BCUT2D eigenvalue weighted by molar-refractivity contribution is -0.121. The molecule has 1 aliphatic heterocycles. The first-order valence-electron chi connectivity index (χ1n) is 10.4. The van der Waals surface area contributed by atoms with Crippen LogP contribution in [0.3, 0.4) is 0 Å². The Hall–Kier alpha value is -2.84. The fourth-order valence-electron chi connectivity index (χ4n) is 3.29. The molecule has 3 rings (SSSR count). The minimum absolute atomic E-state index is 0.0609. The highest BCUT2D eigenvalue weighted by molar-refractivity contribution is 5.92. The molecule has 0 spiro atoms. The summed E-state index contributed by atoms with van der Waals surface area (Å²) in [6, 6.07) is 10.0. The van der Waals surface area contributed by atoms with Crippen molar-refractivity contribution >= 4 is 11.8 Å². The maximum atomic E-state index is 12.9. The van der Waals surface area contributed by atoms with Gasteiger partial charge in [0.15, 0.2) is 0 Å². The van der Waals surface area contributed by atoms with Crippen LogP contribution in [0.5, 0.6) is 0 Å². The van der Waals surface area contributed by atoms with Gasteiger partial charge in [-0.1, -0.05) is 30.3 Å². The summed E-state index contributed by atoms with van der Waals surface area (Å²) in [5.74, 6) is -0.261. The predicted molar refractivity (Wildman–Crippen MR) is 113 cm³/mol. The van der Waals surface area contributed by atoms with E-state index in [1.54, 1.807) is 4.90 Å². The first-order chi connectivity index (χ1) is 14.7. The third-order valence-corrected chi connectivity index (χ3v) is 5.05. The van der Waals surface area contributed by atoms with Crippen molar-refractivity contribution in [3.8, 4) is 0 Å². The van der Waals surface area contributed by atoms with Crippen LogP contribution in [0.1, 0.15) is 22.5 Å². The van der Waals surface area contributed by atoms with Crippen LogP contribution in [0.4, 0.5) is 0 Å². The molecule has 2 heterocycles. The highest BCUT2D eigenvalue weighted by Crippen LogP contribution is 2.04. The number of carbonyl (C=O) groups excluding carboxylic acids is 2. The molecule has 160 valence electrons. The smallest absolute Gasteiger partial charge is 0.274 e. The van der Waals surface area contributed by atoms with Gasteiger partial charge < -0.3 is 15.0 Å². The van der Waals surface area contributed by atoms with E-state index < -0.39 is 0 Å². The number of aromatic nitrogens is 2. The number of rotatable bonds is 10. The van der Waals surface area contributed by atoms with Crippen LogP contribution in [-0.4, -0.2) is 84.1 Å². The Balaban J connectivity index is 1.49. The Morgan fingerprint density at radius 3 is 2.63 bits per heavy atom. The number of amides is 2. The van der Waals surface area contributed by atoms with Gasteiger partial charge in [0.25, 0.3) is 5.91 Å². The summed E-state index contributed by atoms with van der Waals surface area (Å²) in [5, 5.41) is 2.94. The maximum absolute atomic E-state index is 12.9. The second-order valence-electron chi connectivity index (χ2n) is 7.17. The number of nitrogens with zero attached hydrogens (tertiary/aromatic N) is 4. The summed E-state index contributed by atoms with van der Waals surface area (Å²) in [5.41, 5.74) is 1.48. The zero-order valence-electron chi connectivity index (χ0n) is 17.2. The zero-order chi connectivity index (χ0) is 21.0. The number of nitrogens with one attached hydrogen (secondary N) is 1. The van der Waals surface area contributed by atoms with Crippen LogP contribution in [-0.2, 0) is 16.0 Å². The summed E-state index contributed by atoms with van der Waals surface area (Å²) in [6.45, 7) is 5.33. The fraction of sp³-hybridized carbons (Fsp3) is 0.455. The van der Waals surface area contributed by atoms with Crippen LogP contribution < -0.4 is 5.32 Å². The molecule has 1 saturated heterocycles. The Morgan fingerprint density at radius 1 is 1.10 bits per heavy atom. The molecule has 1 aliphatic rings. The molecular weight excluding hydrogens is 382 g/mol. The van der Waals surface area contributed by atoms with Crippen molar-refractivity contribution in [3.63, 3.8) is 0 Å². The summed E-state index contributed by atoms with van der Waals surface area (Å²) in [4.78, 5) is 37.2. The van der Waals surface area contributed by atoms with Crippen molar-refractivity contribution in [2.75, 3.05) is 52.5 Å². The molecule has 0 atom stereocenters. The topological polar surface area (TPSA) is 87.7 Å². The van der Waals surface area contributed by atoms with Crippen molar-refractivity contribution in [1.29, 1.82) is 0 Å². The van der Waals surface area contributed by atoms with Gasteiger partial charge in [-0.15, -0.1) is 0 Å². The first-order valence-corrected chi connectivity index (χ1v) is 10.4. The SMILES string of the molecule is O=C(CCN(CCN1CCOCC1)C(=O)c1cnccn1)NCCc1ccccc1. The lowest BCUT2D eigenvalue weighted by Gasteiger charge is -2.30. The first kappa shape index (κ1) is 21.9. The number of hydrogen-bond acceptors (Lipinski definition) is 6. The molecule has 0 radical (unpaired) electrons. The number of benzene rings is 1. The predicted octanol–water partition coefficient (Wildman–Crippen LogP) is 1.00. The quantitative estimate of drug-likeness (QED) is 0.628. The van der Waals surface area contributed by atoms with Crippen molar-refractivity contribution in [3.05, 3.63) is 60.2 Å². The molecule has 2 amide bonds. The van der Waals surface area contributed by atoms with E-state index in [2.05, 4.69) is 20.2 Å². The molecule has 8 nitrogen and oxygen atoms in total. The zero-order valence-corrected chi connectivity index (χ0v) is 17.2. The third-order valence-electron chi connectivity index (χ3n) is 5.05. The number of hydrogen-bond donors (Lipinski definition) is 1. The van der Waals surface area contributed by atoms with E-state index in [1.807, 2.05) is 30.3 Å². The maximum Gasteiger partial charge on any atom is 0.274 e. The second kappa shape index (κ2) is 12.0. The van der Waals surface area contributed by atoms with Crippen LogP contribution in [0.15, 0.2) is 48.9 Å². The largest absolute Gasteiger partial charge is 0.379 e. The van der Waals surface area contributed by atoms with E-state index >= 15 is 0 Å². The van der Waals surface area contributed by atoms with Gasteiger partial charge in [-0.2, -0.15) is 0 Å². The fourth-order valence-corrected chi connectivity index (χ4v) is 3.29. The Kier molecular flexibility index (Phi) is 8.74. The number of ether oxygens (including phenoxy) is 1. The number of morpholine rings is 1. The van der Waals surface area contributed by atoms with E-state index in [9.17, 15) is 9.59 Å². The Labute approximate surface area is 177 Å². The van der Waals surface area contributed by atoms with Gasteiger partial charge in [0, 0.05) is 58.1 Å². The highest BCUT2D eigenvalue weighted by Gasteiger charge is 2.20. The monoisotopic (exact) mass is 411 g/mol. The van der Waals surface area contributed by atoms with Crippen molar-refractivity contribution in [1.82, 2.24) is 25.1 Å². The van der Waals surface area contributed by atoms with Gasteiger partial charge in [0.05, 0.1) is 19.4 Å². The van der Waals surface area contributed by atoms with Gasteiger partial charge >= 0.3 is 0 Å². The van der Waals surface area contributed by atoms with Gasteiger partial charge in [0.2, 0.25) is 5.91 Å². The summed E-state index contributed by atoms with van der Waals surface area (Å²) >= 11 is 0. The van der Waals surface area contributed by atoms with Gasteiger partial charge in [0.1, 0.15) is 5.69 Å². The Bertz CT molecular complexity index is 782. The summed E-state index contributed by atoms with van der Waals surface area (Å²) < 4.78 is 5.38. The van der Waals surface area contributed by atoms with Gasteiger partial charge in [-0.25, -0.2) is 4.98 Å². The summed E-state index contributed by atoms with van der Waals surface area (Å²) in [7, 11) is 0. The van der Waals surface area contributed by atoms with E-state index in [4.69, 9.17) is 4.74 Å². The lowest BCUT2D eigenvalue weighted by atomic mass is 10.1. The standard InChI is InChI=1S/C22H29N5O3/c28-21(25-8-6-19-4-2-1-3-5-19)7-11-27(13-12-26-14-16-30-17-15-26)22(29)20-18-23-9-10-24-20/h1-5,9-10,18H,6-8,11-17H2,(H,25,28). The van der Waals surface area contributed by atoms with Crippen molar-refractivity contribution < 1.29 is 14.3 Å². The van der Waals surface area contributed by atoms with Crippen LogP contribution >= 0.6 is 0 Å². The number of carbonyl (C=O) groups is 2. The lowest BCUT2D eigenvalue weighted by Crippen LogP contribution is -2.44. The van der Waals surface area contributed by atoms with E-state index in [-0.39, 0.29) is 18.2 Å². The summed E-state index contributed by atoms with van der Waals surface area (Å²) in [6.07, 6.45) is 5.54. The normalized spacial score (nSPS) is 14.3. The molecule has 0 saturated carbocycles. The Morgan fingerprint density at radius 2 is 1.90 bits per heavy atom. The average molecular weight is 412 g/mol. The minimum Gasteiger partial charge on any atom is -0.379 e. The van der Waals surface area contributed by atoms with E-state index in [1.165, 1.54) is 24.2 Å². The average Bonchev–Trinajstić information content (AvgIpc) is 2.80. The highest BCUT2D eigenvalue weighted by atomic mass is 16.5. The molecule has 2 aromatic rings. The molecule has 8 heteroatoms. The molecule has 0 aliphatic carbocycles. The molecule has 0 bridgehead atoms. The second-order valence-corrected chi connectivity index (χ2v) is 7.17.